The summed E-state index contributed by atoms with van der Waals surface area (Å²) in [4.78, 5) is 0. The Morgan fingerprint density at radius 2 is 1.27 bits per heavy atom. The molecule has 26 heavy (non-hydrogen) atoms. The van der Waals surface area contributed by atoms with E-state index in [1.807, 2.05) is 60.7 Å². The van der Waals surface area contributed by atoms with Crippen LogP contribution in [0.5, 0.6) is 0 Å². The first-order valence-electron chi connectivity index (χ1n) is 8.62. The molecule has 3 rings (SSSR count). The summed E-state index contributed by atoms with van der Waals surface area (Å²) in [6.45, 7) is 0.0705. The van der Waals surface area contributed by atoms with E-state index < -0.39 is 37.3 Å². The largest absolute Gasteiger partial charge is 0.394 e. The Balaban J connectivity index is 1.69. The van der Waals surface area contributed by atoms with Gasteiger partial charge in [0, 0.05) is 0 Å². The minimum atomic E-state index is -1.31. The second kappa shape index (κ2) is 9.23. The summed E-state index contributed by atoms with van der Waals surface area (Å²) in [5, 5.41) is 30.2. The number of rotatable bonds is 7. The van der Waals surface area contributed by atoms with Crippen LogP contribution >= 0.6 is 0 Å². The molecule has 1 fully saturated rings. The summed E-state index contributed by atoms with van der Waals surface area (Å²) < 4.78 is 16.9. The van der Waals surface area contributed by atoms with Crippen molar-refractivity contribution in [3.63, 3.8) is 0 Å². The van der Waals surface area contributed by atoms with E-state index in [0.717, 1.165) is 11.1 Å². The number of aliphatic hydroxyl groups excluding tert-OH is 3. The monoisotopic (exact) mass is 360 g/mol. The summed E-state index contributed by atoms with van der Waals surface area (Å²) in [5.41, 5.74) is 1.86. The Morgan fingerprint density at radius 1 is 0.769 bits per heavy atom. The Morgan fingerprint density at radius 3 is 1.77 bits per heavy atom. The highest BCUT2D eigenvalue weighted by molar-refractivity contribution is 5.14. The van der Waals surface area contributed by atoms with Gasteiger partial charge in [0.2, 0.25) is 0 Å². The predicted molar refractivity (Wildman–Crippen MR) is 94.0 cm³/mol. The third-order valence-corrected chi connectivity index (χ3v) is 4.39. The van der Waals surface area contributed by atoms with Gasteiger partial charge in [-0.15, -0.1) is 0 Å². The molecule has 0 spiro atoms. The van der Waals surface area contributed by atoms with Gasteiger partial charge in [-0.2, -0.15) is 0 Å². The molecule has 1 saturated heterocycles. The van der Waals surface area contributed by atoms with Gasteiger partial charge >= 0.3 is 0 Å². The molecule has 5 atom stereocenters. The normalized spacial score (nSPS) is 28.8. The fourth-order valence-electron chi connectivity index (χ4n) is 2.96. The molecule has 3 N–H and O–H groups in total. The quantitative estimate of drug-likeness (QED) is 0.688. The lowest BCUT2D eigenvalue weighted by Crippen LogP contribution is -2.60. The Hall–Kier alpha value is -1.80. The first-order valence-corrected chi connectivity index (χ1v) is 8.62. The molecule has 0 amide bonds. The molecule has 0 radical (unpaired) electrons. The zero-order valence-electron chi connectivity index (χ0n) is 14.3. The second-order valence-corrected chi connectivity index (χ2v) is 6.26. The van der Waals surface area contributed by atoms with Crippen molar-refractivity contribution in [2.75, 3.05) is 6.61 Å². The van der Waals surface area contributed by atoms with Crippen molar-refractivity contribution < 1.29 is 29.5 Å². The summed E-state index contributed by atoms with van der Waals surface area (Å²) in [6.07, 6.45) is -5.06. The molecule has 140 valence electrons. The highest BCUT2D eigenvalue weighted by Crippen LogP contribution is 2.26. The van der Waals surface area contributed by atoms with E-state index in [9.17, 15) is 15.3 Å². The zero-order valence-corrected chi connectivity index (χ0v) is 14.3. The molecule has 0 unspecified atom stereocenters. The van der Waals surface area contributed by atoms with E-state index >= 15 is 0 Å². The van der Waals surface area contributed by atoms with Crippen LogP contribution < -0.4 is 0 Å². The van der Waals surface area contributed by atoms with Gasteiger partial charge in [-0.25, -0.2) is 0 Å². The van der Waals surface area contributed by atoms with E-state index in [-0.39, 0.29) is 13.2 Å². The lowest BCUT2D eigenvalue weighted by atomic mass is 9.98. The van der Waals surface area contributed by atoms with Crippen molar-refractivity contribution in [1.29, 1.82) is 0 Å². The lowest BCUT2D eigenvalue weighted by molar-refractivity contribution is -0.307. The van der Waals surface area contributed by atoms with E-state index in [4.69, 9.17) is 14.2 Å². The van der Waals surface area contributed by atoms with Crippen LogP contribution in [-0.4, -0.2) is 52.6 Å². The average molecular weight is 360 g/mol. The van der Waals surface area contributed by atoms with Crippen LogP contribution in [0.2, 0.25) is 0 Å². The van der Waals surface area contributed by atoms with Crippen LogP contribution in [0.1, 0.15) is 11.1 Å². The molecule has 0 aliphatic carbocycles. The molecule has 1 heterocycles. The van der Waals surface area contributed by atoms with E-state index in [1.165, 1.54) is 0 Å². The Kier molecular flexibility index (Phi) is 6.73. The smallest absolute Gasteiger partial charge is 0.184 e. The van der Waals surface area contributed by atoms with Crippen LogP contribution in [-0.2, 0) is 27.4 Å². The topological polar surface area (TPSA) is 88.4 Å². The van der Waals surface area contributed by atoms with E-state index in [2.05, 4.69) is 0 Å². The molecule has 0 aromatic heterocycles. The third kappa shape index (κ3) is 4.67. The summed E-state index contributed by atoms with van der Waals surface area (Å²) >= 11 is 0. The Labute approximate surface area is 152 Å². The SMILES string of the molecule is OC[C@@H]1O[C@H](O)[C@H](OCc2ccccc2)[C@H](OCc2ccccc2)[C@@H]1O. The first-order chi connectivity index (χ1) is 12.7. The highest BCUT2D eigenvalue weighted by Gasteiger charge is 2.46. The molecule has 6 heteroatoms. The van der Waals surface area contributed by atoms with Crippen LogP contribution in [0, 0.1) is 0 Å². The van der Waals surface area contributed by atoms with Crippen LogP contribution in [0.3, 0.4) is 0 Å². The second-order valence-electron chi connectivity index (χ2n) is 6.26. The van der Waals surface area contributed by atoms with Crippen molar-refractivity contribution in [3.05, 3.63) is 71.8 Å². The minimum absolute atomic E-state index is 0.244. The number of aliphatic hydroxyl groups is 3. The van der Waals surface area contributed by atoms with Crippen molar-refractivity contribution in [1.82, 2.24) is 0 Å². The third-order valence-electron chi connectivity index (χ3n) is 4.39. The summed E-state index contributed by atoms with van der Waals surface area (Å²) in [5.74, 6) is 0. The average Bonchev–Trinajstić information content (AvgIpc) is 2.69. The van der Waals surface area contributed by atoms with Crippen LogP contribution in [0.15, 0.2) is 60.7 Å². The molecule has 0 saturated carbocycles. The molecule has 2 aromatic rings. The van der Waals surface area contributed by atoms with Crippen LogP contribution in [0.25, 0.3) is 0 Å². The first kappa shape index (κ1) is 19.0. The maximum atomic E-state index is 10.5. The number of hydrogen-bond donors (Lipinski definition) is 3. The summed E-state index contributed by atoms with van der Waals surface area (Å²) in [7, 11) is 0. The molecule has 0 bridgehead atoms. The number of ether oxygens (including phenoxy) is 3. The van der Waals surface area contributed by atoms with Gasteiger partial charge in [0.15, 0.2) is 6.29 Å². The number of benzene rings is 2. The fraction of sp³-hybridized carbons (Fsp3) is 0.400. The molecule has 2 aromatic carbocycles. The van der Waals surface area contributed by atoms with Gasteiger partial charge in [0.25, 0.3) is 0 Å². The van der Waals surface area contributed by atoms with E-state index in [0.29, 0.717) is 0 Å². The maximum absolute atomic E-state index is 10.5. The predicted octanol–water partition coefficient (Wildman–Crippen LogP) is 1.23. The van der Waals surface area contributed by atoms with Gasteiger partial charge < -0.3 is 29.5 Å². The molecule has 1 aliphatic heterocycles. The van der Waals surface area contributed by atoms with Gasteiger partial charge in [-0.3, -0.25) is 0 Å². The van der Waals surface area contributed by atoms with Gasteiger partial charge in [0.1, 0.15) is 24.4 Å². The van der Waals surface area contributed by atoms with E-state index in [1.54, 1.807) is 0 Å². The van der Waals surface area contributed by atoms with Crippen molar-refractivity contribution in [2.45, 2.75) is 43.9 Å². The van der Waals surface area contributed by atoms with Crippen molar-refractivity contribution in [2.24, 2.45) is 0 Å². The van der Waals surface area contributed by atoms with Gasteiger partial charge in [-0.05, 0) is 11.1 Å². The standard InChI is InChI=1S/C20H24O6/c21-11-16-17(22)18(24-12-14-7-3-1-4-8-14)19(20(23)26-16)25-13-15-9-5-2-6-10-15/h1-10,16-23H,11-13H2/t16-,17+,18+,19+,20-/m0/s1. The van der Waals surface area contributed by atoms with Gasteiger partial charge in [-0.1, -0.05) is 60.7 Å². The van der Waals surface area contributed by atoms with Gasteiger partial charge in [0.05, 0.1) is 19.8 Å². The Bertz CT molecular complexity index is 650. The fourth-order valence-corrected chi connectivity index (χ4v) is 2.96. The summed E-state index contributed by atoms with van der Waals surface area (Å²) in [6, 6.07) is 19.0. The van der Waals surface area contributed by atoms with Crippen molar-refractivity contribution in [3.8, 4) is 0 Å². The zero-order chi connectivity index (χ0) is 18.4. The van der Waals surface area contributed by atoms with Crippen molar-refractivity contribution >= 4 is 0 Å². The molecule has 1 aliphatic rings. The lowest BCUT2D eigenvalue weighted by Gasteiger charge is -2.42. The minimum Gasteiger partial charge on any atom is -0.394 e. The molecule has 6 nitrogen and oxygen atoms in total. The number of hydrogen-bond acceptors (Lipinski definition) is 6. The maximum Gasteiger partial charge on any atom is 0.184 e. The molecular formula is C20H24O6. The molecular weight excluding hydrogens is 336 g/mol. The highest BCUT2D eigenvalue weighted by atomic mass is 16.7. The van der Waals surface area contributed by atoms with Crippen LogP contribution in [0.4, 0.5) is 0 Å².